The molecule has 0 aliphatic carbocycles. The second-order valence-corrected chi connectivity index (χ2v) is 9.51. The van der Waals surface area contributed by atoms with Gasteiger partial charge in [-0.25, -0.2) is 4.39 Å². The van der Waals surface area contributed by atoms with Crippen LogP contribution in [0.2, 0.25) is 0 Å². The largest absolute Gasteiger partial charge is 0.378 e. The van der Waals surface area contributed by atoms with Crippen LogP contribution in [-0.2, 0) is 25.7 Å². The van der Waals surface area contributed by atoms with Crippen molar-refractivity contribution in [1.29, 1.82) is 0 Å². The van der Waals surface area contributed by atoms with E-state index in [1.807, 2.05) is 28.8 Å². The lowest BCUT2D eigenvalue weighted by molar-refractivity contribution is -0.135. The number of hydrogen-bond donors (Lipinski definition) is 1. The van der Waals surface area contributed by atoms with Gasteiger partial charge in [-0.05, 0) is 36.0 Å². The van der Waals surface area contributed by atoms with Crippen molar-refractivity contribution < 1.29 is 28.3 Å². The minimum absolute atomic E-state index is 0.0307. The van der Waals surface area contributed by atoms with Crippen LogP contribution in [0.5, 0.6) is 0 Å². The number of imide groups is 1. The van der Waals surface area contributed by atoms with Crippen LogP contribution in [0, 0.1) is 5.82 Å². The van der Waals surface area contributed by atoms with E-state index in [0.29, 0.717) is 31.9 Å². The molecule has 190 valence electrons. The van der Waals surface area contributed by atoms with E-state index in [2.05, 4.69) is 5.32 Å². The summed E-state index contributed by atoms with van der Waals surface area (Å²) in [7, 11) is 0. The van der Waals surface area contributed by atoms with Crippen molar-refractivity contribution in [2.45, 2.75) is 6.54 Å². The van der Waals surface area contributed by atoms with Crippen LogP contribution in [0.1, 0.15) is 5.56 Å². The molecule has 0 atom stereocenters. The number of halogens is 1. The Morgan fingerprint density at radius 1 is 1.03 bits per heavy atom. The number of thioether (sulfide) groups is 1. The third-order valence-corrected chi connectivity index (χ3v) is 7.01. The Kier molecular flexibility index (Phi) is 7.06. The van der Waals surface area contributed by atoms with E-state index in [0.717, 1.165) is 27.6 Å². The summed E-state index contributed by atoms with van der Waals surface area (Å²) in [6.45, 7) is 1.71. The summed E-state index contributed by atoms with van der Waals surface area (Å²) in [6.07, 6.45) is 3.37. The molecule has 0 radical (unpaired) electrons. The van der Waals surface area contributed by atoms with Crippen molar-refractivity contribution in [2.75, 3.05) is 38.2 Å². The topological polar surface area (TPSA) is 101 Å². The fourth-order valence-corrected chi connectivity index (χ4v) is 5.08. The zero-order valence-electron chi connectivity index (χ0n) is 19.7. The van der Waals surface area contributed by atoms with Gasteiger partial charge in [0.05, 0.1) is 23.8 Å². The van der Waals surface area contributed by atoms with Gasteiger partial charge in [0.2, 0.25) is 11.8 Å². The molecule has 0 saturated carbocycles. The number of hydrogen-bond acceptors (Lipinski definition) is 6. The highest BCUT2D eigenvalue weighted by Gasteiger charge is 2.36. The number of ether oxygens (including phenoxy) is 1. The molecule has 2 aromatic carbocycles. The summed E-state index contributed by atoms with van der Waals surface area (Å²) < 4.78 is 21.0. The molecular weight excluding hydrogens is 499 g/mol. The molecule has 4 amide bonds. The molecule has 5 rings (SSSR count). The molecule has 3 heterocycles. The van der Waals surface area contributed by atoms with Gasteiger partial charge in [-0.2, -0.15) is 0 Å². The zero-order valence-corrected chi connectivity index (χ0v) is 20.5. The minimum atomic E-state index is -0.688. The van der Waals surface area contributed by atoms with E-state index in [1.165, 1.54) is 18.2 Å². The number of nitrogens with zero attached hydrogens (tertiary/aromatic N) is 3. The number of rotatable bonds is 6. The predicted molar refractivity (Wildman–Crippen MR) is 137 cm³/mol. The van der Waals surface area contributed by atoms with Crippen LogP contribution < -0.4 is 5.32 Å². The van der Waals surface area contributed by atoms with Gasteiger partial charge in [0.15, 0.2) is 0 Å². The Labute approximate surface area is 215 Å². The highest BCUT2D eigenvalue weighted by atomic mass is 32.2. The van der Waals surface area contributed by atoms with Crippen LogP contribution >= 0.6 is 11.8 Å². The number of nitrogens with one attached hydrogen (secondary N) is 1. The maximum absolute atomic E-state index is 13.8. The Hall–Kier alpha value is -3.96. The van der Waals surface area contributed by atoms with Gasteiger partial charge in [-0.1, -0.05) is 30.3 Å². The summed E-state index contributed by atoms with van der Waals surface area (Å²) in [6, 6.07) is 13.1. The van der Waals surface area contributed by atoms with Crippen LogP contribution in [0.3, 0.4) is 0 Å². The lowest BCUT2D eigenvalue weighted by atomic mass is 10.1. The molecule has 2 saturated heterocycles. The molecule has 37 heavy (non-hydrogen) atoms. The van der Waals surface area contributed by atoms with Gasteiger partial charge in [0.25, 0.3) is 11.1 Å². The second kappa shape index (κ2) is 10.6. The summed E-state index contributed by atoms with van der Waals surface area (Å²) >= 11 is 0.729. The summed E-state index contributed by atoms with van der Waals surface area (Å²) in [5, 5.41) is 2.61. The summed E-state index contributed by atoms with van der Waals surface area (Å²) in [4.78, 5) is 53.5. The lowest BCUT2D eigenvalue weighted by Gasteiger charge is -2.27. The minimum Gasteiger partial charge on any atom is -0.378 e. The van der Waals surface area contributed by atoms with Gasteiger partial charge in [0.1, 0.15) is 18.9 Å². The summed E-state index contributed by atoms with van der Waals surface area (Å²) in [5.41, 5.74) is 1.46. The molecule has 9 nitrogen and oxygen atoms in total. The van der Waals surface area contributed by atoms with Crippen LogP contribution in [0.4, 0.5) is 14.9 Å². The van der Waals surface area contributed by atoms with E-state index >= 15 is 0 Å². The number of carbonyl (C=O) groups excluding carboxylic acids is 4. The van der Waals surface area contributed by atoms with E-state index in [-0.39, 0.29) is 23.0 Å². The fourth-order valence-electron chi connectivity index (χ4n) is 4.25. The van der Waals surface area contributed by atoms with Crippen molar-refractivity contribution in [3.05, 3.63) is 71.0 Å². The molecule has 1 aromatic heterocycles. The van der Waals surface area contributed by atoms with Crippen molar-refractivity contribution in [1.82, 2.24) is 14.4 Å². The SMILES string of the molecule is O=C(CN1C(=O)S/C(=C\c2cn(CC(=O)N3CCOCC3)c3ccccc23)C1=O)Nc1ccccc1F. The van der Waals surface area contributed by atoms with E-state index in [1.54, 1.807) is 23.2 Å². The maximum Gasteiger partial charge on any atom is 0.294 e. The van der Waals surface area contributed by atoms with Crippen LogP contribution in [-0.4, -0.2) is 70.2 Å². The number of amides is 4. The Bertz CT molecular complexity index is 1430. The number of para-hydroxylation sites is 2. The van der Waals surface area contributed by atoms with Gasteiger partial charge in [0, 0.05) is 35.8 Å². The standard InChI is InChI=1S/C26H23FN4O5S/c27-19-6-2-3-7-20(19)28-23(32)15-31-25(34)22(37-26(31)35)13-17-14-30(21-8-4-1-5-18(17)21)16-24(33)29-9-11-36-12-10-29/h1-8,13-14H,9-12,15-16H2,(H,28,32)/b22-13-. The van der Waals surface area contributed by atoms with Gasteiger partial charge < -0.3 is 19.5 Å². The molecule has 2 fully saturated rings. The molecule has 2 aliphatic heterocycles. The Morgan fingerprint density at radius 3 is 2.54 bits per heavy atom. The molecule has 3 aromatic rings. The number of anilines is 1. The van der Waals surface area contributed by atoms with Gasteiger partial charge in [-0.3, -0.25) is 24.1 Å². The van der Waals surface area contributed by atoms with Crippen molar-refractivity contribution in [3.63, 3.8) is 0 Å². The monoisotopic (exact) mass is 522 g/mol. The van der Waals surface area contributed by atoms with E-state index in [9.17, 15) is 23.6 Å². The molecule has 11 heteroatoms. The third kappa shape index (κ3) is 5.27. The highest BCUT2D eigenvalue weighted by Crippen LogP contribution is 2.34. The summed E-state index contributed by atoms with van der Waals surface area (Å²) in [5.74, 6) is -1.95. The molecule has 1 N–H and O–H groups in total. The molecule has 0 spiro atoms. The first-order valence-corrected chi connectivity index (χ1v) is 12.5. The maximum atomic E-state index is 13.8. The number of fused-ring (bicyclic) bond motifs is 1. The highest BCUT2D eigenvalue weighted by molar-refractivity contribution is 8.18. The zero-order chi connectivity index (χ0) is 25.9. The predicted octanol–water partition coefficient (Wildman–Crippen LogP) is 3.31. The first kappa shape index (κ1) is 24.7. The number of aromatic nitrogens is 1. The fraction of sp³-hybridized carbons (Fsp3) is 0.231. The number of morpholine rings is 1. The van der Waals surface area contributed by atoms with Gasteiger partial charge >= 0.3 is 0 Å². The van der Waals surface area contributed by atoms with Crippen LogP contribution in [0.25, 0.3) is 17.0 Å². The first-order valence-electron chi connectivity index (χ1n) is 11.6. The smallest absolute Gasteiger partial charge is 0.294 e. The second-order valence-electron chi connectivity index (χ2n) is 8.52. The molecule has 0 bridgehead atoms. The third-order valence-electron chi connectivity index (χ3n) is 6.10. The van der Waals surface area contributed by atoms with Crippen LogP contribution in [0.15, 0.2) is 59.6 Å². The normalized spacial score (nSPS) is 17.2. The average molecular weight is 523 g/mol. The first-order chi connectivity index (χ1) is 17.9. The lowest BCUT2D eigenvalue weighted by Crippen LogP contribution is -2.42. The average Bonchev–Trinajstić information content (AvgIpc) is 3.37. The Balaban J connectivity index is 1.34. The van der Waals surface area contributed by atoms with Crippen molar-refractivity contribution >= 4 is 57.4 Å². The van der Waals surface area contributed by atoms with Crippen molar-refractivity contribution in [3.8, 4) is 0 Å². The number of benzene rings is 2. The number of carbonyl (C=O) groups is 4. The van der Waals surface area contributed by atoms with E-state index in [4.69, 9.17) is 4.74 Å². The quantitative estimate of drug-likeness (QED) is 0.499. The van der Waals surface area contributed by atoms with Gasteiger partial charge in [-0.15, -0.1) is 0 Å². The van der Waals surface area contributed by atoms with Crippen molar-refractivity contribution in [2.24, 2.45) is 0 Å². The molecule has 0 unspecified atom stereocenters. The molecule has 2 aliphatic rings. The molecular formula is C26H23FN4O5S. The Morgan fingerprint density at radius 2 is 1.76 bits per heavy atom. The van der Waals surface area contributed by atoms with E-state index < -0.39 is 29.4 Å².